The van der Waals surface area contributed by atoms with Crippen molar-refractivity contribution in [1.29, 1.82) is 0 Å². The highest BCUT2D eigenvalue weighted by molar-refractivity contribution is 5.88. The molecule has 5 nitrogen and oxygen atoms in total. The largest absolute Gasteiger partial charge is 0.478 e. The molecular formula is C12H16O5. The van der Waals surface area contributed by atoms with E-state index in [4.69, 9.17) is 19.0 Å². The quantitative estimate of drug-likeness (QED) is 0.850. The van der Waals surface area contributed by atoms with Gasteiger partial charge in [0.1, 0.15) is 23.7 Å². The second kappa shape index (κ2) is 5.33. The van der Waals surface area contributed by atoms with Gasteiger partial charge in [-0.25, -0.2) is 4.79 Å². The maximum Gasteiger partial charge on any atom is 0.339 e. The first-order chi connectivity index (χ1) is 8.16. The maximum absolute atomic E-state index is 10.8. The highest BCUT2D eigenvalue weighted by Crippen LogP contribution is 2.17. The van der Waals surface area contributed by atoms with Gasteiger partial charge in [0.25, 0.3) is 0 Å². The van der Waals surface area contributed by atoms with Gasteiger partial charge in [-0.05, 0) is 19.4 Å². The fourth-order valence-electron chi connectivity index (χ4n) is 1.87. The minimum atomic E-state index is -0.971. The molecule has 94 valence electrons. The molecule has 2 rings (SSSR count). The lowest BCUT2D eigenvalue weighted by molar-refractivity contribution is 0.0685. The number of aromatic carboxylic acids is 1. The van der Waals surface area contributed by atoms with Crippen molar-refractivity contribution in [3.05, 3.63) is 23.2 Å². The molecule has 0 saturated carbocycles. The predicted octanol–water partition coefficient (Wildman–Crippen LogP) is 1.84. The first kappa shape index (κ1) is 12.1. The van der Waals surface area contributed by atoms with Gasteiger partial charge < -0.3 is 19.0 Å². The van der Waals surface area contributed by atoms with Crippen molar-refractivity contribution in [1.82, 2.24) is 0 Å². The molecule has 1 saturated heterocycles. The normalized spacial score (nSPS) is 19.7. The monoisotopic (exact) mass is 240 g/mol. The number of ether oxygens (including phenoxy) is 2. The first-order valence-corrected chi connectivity index (χ1v) is 5.65. The van der Waals surface area contributed by atoms with Gasteiger partial charge in [-0.15, -0.1) is 0 Å². The molecule has 0 spiro atoms. The molecule has 5 heteroatoms. The zero-order chi connectivity index (χ0) is 12.3. The Morgan fingerprint density at radius 3 is 3.06 bits per heavy atom. The molecule has 1 fully saturated rings. The van der Waals surface area contributed by atoms with Crippen molar-refractivity contribution in [3.63, 3.8) is 0 Å². The molecular weight excluding hydrogens is 224 g/mol. The lowest BCUT2D eigenvalue weighted by Gasteiger charge is -2.06. The van der Waals surface area contributed by atoms with Gasteiger partial charge in [0.05, 0.1) is 13.2 Å². The van der Waals surface area contributed by atoms with Crippen LogP contribution < -0.4 is 0 Å². The average molecular weight is 240 g/mol. The minimum Gasteiger partial charge on any atom is -0.478 e. The number of hydrogen-bond acceptors (Lipinski definition) is 4. The fourth-order valence-corrected chi connectivity index (χ4v) is 1.87. The molecule has 1 aliphatic rings. The van der Waals surface area contributed by atoms with Crippen LogP contribution in [0.4, 0.5) is 0 Å². The van der Waals surface area contributed by atoms with Crippen LogP contribution in [0.5, 0.6) is 0 Å². The van der Waals surface area contributed by atoms with Crippen molar-refractivity contribution in [2.24, 2.45) is 5.92 Å². The van der Waals surface area contributed by atoms with Gasteiger partial charge in [0.15, 0.2) is 0 Å². The van der Waals surface area contributed by atoms with E-state index >= 15 is 0 Å². The topological polar surface area (TPSA) is 68.9 Å². The summed E-state index contributed by atoms with van der Waals surface area (Å²) in [6.45, 7) is 4.12. The number of carboxylic acid groups (broad SMARTS) is 1. The molecule has 0 bridgehead atoms. The smallest absolute Gasteiger partial charge is 0.339 e. The van der Waals surface area contributed by atoms with E-state index in [0.717, 1.165) is 19.6 Å². The second-order valence-corrected chi connectivity index (χ2v) is 4.23. The molecule has 1 aromatic rings. The zero-order valence-electron chi connectivity index (χ0n) is 9.77. The third-order valence-corrected chi connectivity index (χ3v) is 2.82. The summed E-state index contributed by atoms with van der Waals surface area (Å²) in [5, 5.41) is 8.86. The Hall–Kier alpha value is -1.33. The van der Waals surface area contributed by atoms with Crippen molar-refractivity contribution in [3.8, 4) is 0 Å². The van der Waals surface area contributed by atoms with Crippen molar-refractivity contribution in [2.75, 3.05) is 19.8 Å². The van der Waals surface area contributed by atoms with Gasteiger partial charge in [0, 0.05) is 12.5 Å². The van der Waals surface area contributed by atoms with E-state index < -0.39 is 5.97 Å². The van der Waals surface area contributed by atoms with Crippen molar-refractivity contribution >= 4 is 5.97 Å². The number of aryl methyl sites for hydroxylation is 1. The van der Waals surface area contributed by atoms with Crippen LogP contribution in [0.1, 0.15) is 28.3 Å². The maximum atomic E-state index is 10.8. The molecule has 1 N–H and O–H groups in total. The Morgan fingerprint density at radius 2 is 2.47 bits per heavy atom. The number of hydrogen-bond donors (Lipinski definition) is 1. The number of carboxylic acids is 1. The van der Waals surface area contributed by atoms with Gasteiger partial charge in [-0.2, -0.15) is 0 Å². The lowest BCUT2D eigenvalue weighted by atomic mass is 10.1. The van der Waals surface area contributed by atoms with E-state index in [9.17, 15) is 4.79 Å². The molecule has 2 heterocycles. The van der Waals surface area contributed by atoms with Crippen LogP contribution in [-0.4, -0.2) is 30.9 Å². The van der Waals surface area contributed by atoms with E-state index in [1.165, 1.54) is 6.07 Å². The van der Waals surface area contributed by atoms with Crippen molar-refractivity contribution < 1.29 is 23.8 Å². The third-order valence-electron chi connectivity index (χ3n) is 2.82. The van der Waals surface area contributed by atoms with Crippen LogP contribution in [0.25, 0.3) is 0 Å². The molecule has 1 unspecified atom stereocenters. The van der Waals surface area contributed by atoms with Gasteiger partial charge in [-0.1, -0.05) is 0 Å². The summed E-state index contributed by atoms with van der Waals surface area (Å²) in [6, 6.07) is 1.52. The summed E-state index contributed by atoms with van der Waals surface area (Å²) < 4.78 is 16.0. The lowest BCUT2D eigenvalue weighted by Crippen LogP contribution is -2.08. The molecule has 0 radical (unpaired) electrons. The third kappa shape index (κ3) is 3.08. The van der Waals surface area contributed by atoms with Gasteiger partial charge >= 0.3 is 5.97 Å². The first-order valence-electron chi connectivity index (χ1n) is 5.65. The molecule has 1 aliphatic heterocycles. The summed E-state index contributed by atoms with van der Waals surface area (Å²) in [6.07, 6.45) is 1.03. The molecule has 1 aromatic heterocycles. The Kier molecular flexibility index (Phi) is 3.81. The van der Waals surface area contributed by atoms with Crippen LogP contribution in [0.15, 0.2) is 10.5 Å². The van der Waals surface area contributed by atoms with Crippen LogP contribution >= 0.6 is 0 Å². The Labute approximate surface area is 99.3 Å². The molecule has 17 heavy (non-hydrogen) atoms. The Bertz CT molecular complexity index is 390. The molecule has 0 aliphatic carbocycles. The number of carbonyl (C=O) groups is 1. The highest BCUT2D eigenvalue weighted by Gasteiger charge is 2.17. The average Bonchev–Trinajstić information content (AvgIpc) is 2.88. The molecule has 1 atom stereocenters. The van der Waals surface area contributed by atoms with Crippen LogP contribution in [-0.2, 0) is 16.1 Å². The Balaban J connectivity index is 1.82. The van der Waals surface area contributed by atoms with Crippen molar-refractivity contribution in [2.45, 2.75) is 20.0 Å². The summed E-state index contributed by atoms with van der Waals surface area (Å²) >= 11 is 0. The van der Waals surface area contributed by atoms with Gasteiger partial charge in [0.2, 0.25) is 0 Å². The van der Waals surface area contributed by atoms with Crippen LogP contribution in [0.3, 0.4) is 0 Å². The highest BCUT2D eigenvalue weighted by atomic mass is 16.5. The van der Waals surface area contributed by atoms with Crippen LogP contribution in [0.2, 0.25) is 0 Å². The summed E-state index contributed by atoms with van der Waals surface area (Å²) in [5.74, 6) is 0.450. The number of rotatable bonds is 5. The Morgan fingerprint density at radius 1 is 1.65 bits per heavy atom. The second-order valence-electron chi connectivity index (χ2n) is 4.23. The number of furan rings is 1. The standard InChI is InChI=1S/C12H16O5/c1-8-11(12(13)14)4-10(17-8)7-16-6-9-2-3-15-5-9/h4,9H,2-3,5-7H2,1H3,(H,13,14). The summed E-state index contributed by atoms with van der Waals surface area (Å²) in [5.41, 5.74) is 0.202. The van der Waals surface area contributed by atoms with E-state index in [2.05, 4.69) is 0 Å². The molecule has 0 amide bonds. The van der Waals surface area contributed by atoms with E-state index in [1.54, 1.807) is 6.92 Å². The summed E-state index contributed by atoms with van der Waals surface area (Å²) in [4.78, 5) is 10.8. The van der Waals surface area contributed by atoms with Gasteiger partial charge in [-0.3, -0.25) is 0 Å². The SMILES string of the molecule is Cc1oc(COCC2CCOC2)cc1C(=O)O. The van der Waals surface area contributed by atoms with E-state index in [0.29, 0.717) is 30.7 Å². The fraction of sp³-hybridized carbons (Fsp3) is 0.583. The van der Waals surface area contributed by atoms with Crippen LogP contribution in [0, 0.1) is 12.8 Å². The minimum absolute atomic E-state index is 0.202. The van der Waals surface area contributed by atoms with E-state index in [1.807, 2.05) is 0 Å². The molecule has 0 aromatic carbocycles. The predicted molar refractivity (Wildman–Crippen MR) is 59.0 cm³/mol. The summed E-state index contributed by atoms with van der Waals surface area (Å²) in [7, 11) is 0. The zero-order valence-corrected chi connectivity index (χ0v) is 9.77. The van der Waals surface area contributed by atoms with E-state index in [-0.39, 0.29) is 5.56 Å².